The lowest BCUT2D eigenvalue weighted by Gasteiger charge is -2.01. The van der Waals surface area contributed by atoms with Crippen LogP contribution in [0.2, 0.25) is 0 Å². The fourth-order valence-corrected chi connectivity index (χ4v) is 0.651. The largest absolute Gasteiger partial charge is 0.356 e. The van der Waals surface area contributed by atoms with Crippen molar-refractivity contribution in [1.29, 1.82) is 0 Å². The van der Waals surface area contributed by atoms with Gasteiger partial charge in [-0.1, -0.05) is 6.08 Å². The zero-order valence-corrected chi connectivity index (χ0v) is 6.81. The van der Waals surface area contributed by atoms with Gasteiger partial charge in [0.15, 0.2) is 0 Å². The third-order valence-corrected chi connectivity index (χ3v) is 1.28. The third-order valence-electron chi connectivity index (χ3n) is 1.28. The van der Waals surface area contributed by atoms with Crippen LogP contribution in [-0.2, 0) is 4.79 Å². The standard InChI is InChI=1S/C8H16N2O/c1-2-3-5-8(11)10-7-4-6-9/h2H,1,3-7,9H2,(H,10,11). The van der Waals surface area contributed by atoms with Crippen LogP contribution >= 0.6 is 0 Å². The molecule has 3 nitrogen and oxygen atoms in total. The van der Waals surface area contributed by atoms with Gasteiger partial charge in [0, 0.05) is 13.0 Å². The molecule has 0 aromatic carbocycles. The summed E-state index contributed by atoms with van der Waals surface area (Å²) in [6.45, 7) is 4.84. The normalized spacial score (nSPS) is 9.18. The van der Waals surface area contributed by atoms with Gasteiger partial charge >= 0.3 is 0 Å². The number of allylic oxidation sites excluding steroid dienone is 1. The molecule has 0 aliphatic heterocycles. The first-order valence-corrected chi connectivity index (χ1v) is 3.89. The van der Waals surface area contributed by atoms with E-state index >= 15 is 0 Å². The average Bonchev–Trinajstić information content (AvgIpc) is 2.01. The quantitative estimate of drug-likeness (QED) is 0.432. The molecule has 11 heavy (non-hydrogen) atoms. The van der Waals surface area contributed by atoms with Crippen molar-refractivity contribution in [2.24, 2.45) is 5.73 Å². The Morgan fingerprint density at radius 3 is 2.91 bits per heavy atom. The molecule has 0 unspecified atom stereocenters. The second-order valence-electron chi connectivity index (χ2n) is 2.32. The number of carbonyl (C=O) groups is 1. The lowest BCUT2D eigenvalue weighted by Crippen LogP contribution is -2.25. The Kier molecular flexibility index (Phi) is 6.73. The monoisotopic (exact) mass is 156 g/mol. The van der Waals surface area contributed by atoms with E-state index in [1.807, 2.05) is 0 Å². The van der Waals surface area contributed by atoms with Crippen LogP contribution in [0.15, 0.2) is 12.7 Å². The predicted molar refractivity (Wildman–Crippen MR) is 46.1 cm³/mol. The summed E-state index contributed by atoms with van der Waals surface area (Å²) in [6, 6.07) is 0. The van der Waals surface area contributed by atoms with Gasteiger partial charge in [-0.25, -0.2) is 0 Å². The fourth-order valence-electron chi connectivity index (χ4n) is 0.651. The van der Waals surface area contributed by atoms with Crippen LogP contribution in [0.5, 0.6) is 0 Å². The summed E-state index contributed by atoms with van der Waals surface area (Å²) in [5.74, 6) is 0.0818. The van der Waals surface area contributed by atoms with Crippen molar-refractivity contribution in [3.05, 3.63) is 12.7 Å². The van der Waals surface area contributed by atoms with Gasteiger partial charge in [-0.3, -0.25) is 4.79 Å². The van der Waals surface area contributed by atoms with Crippen molar-refractivity contribution in [2.45, 2.75) is 19.3 Å². The van der Waals surface area contributed by atoms with E-state index in [0.717, 1.165) is 12.8 Å². The molecule has 64 valence electrons. The number of rotatable bonds is 6. The first-order chi connectivity index (χ1) is 5.31. The van der Waals surface area contributed by atoms with Gasteiger partial charge in [0.05, 0.1) is 0 Å². The third kappa shape index (κ3) is 7.06. The molecule has 0 spiro atoms. The lowest BCUT2D eigenvalue weighted by molar-refractivity contribution is -0.121. The minimum absolute atomic E-state index is 0.0818. The molecule has 0 aromatic rings. The SMILES string of the molecule is C=CCCC(=O)NCCCN. The van der Waals surface area contributed by atoms with Gasteiger partial charge in [0.25, 0.3) is 0 Å². The van der Waals surface area contributed by atoms with Crippen molar-refractivity contribution in [1.82, 2.24) is 5.32 Å². The molecule has 0 aliphatic carbocycles. The maximum atomic E-state index is 10.9. The highest BCUT2D eigenvalue weighted by Gasteiger charge is 1.96. The topological polar surface area (TPSA) is 55.1 Å². The van der Waals surface area contributed by atoms with Crippen molar-refractivity contribution in [3.63, 3.8) is 0 Å². The summed E-state index contributed by atoms with van der Waals surface area (Å²) in [6.07, 6.45) is 3.87. The van der Waals surface area contributed by atoms with Gasteiger partial charge in [0.2, 0.25) is 5.91 Å². The summed E-state index contributed by atoms with van der Waals surface area (Å²) < 4.78 is 0. The minimum atomic E-state index is 0.0818. The van der Waals surface area contributed by atoms with Crippen molar-refractivity contribution < 1.29 is 4.79 Å². The van der Waals surface area contributed by atoms with Gasteiger partial charge in [-0.05, 0) is 19.4 Å². The zero-order chi connectivity index (χ0) is 8.53. The van der Waals surface area contributed by atoms with E-state index in [4.69, 9.17) is 5.73 Å². The molecule has 0 aliphatic rings. The molecular formula is C8H16N2O. The van der Waals surface area contributed by atoms with E-state index < -0.39 is 0 Å². The Balaban J connectivity index is 3.15. The van der Waals surface area contributed by atoms with Gasteiger partial charge < -0.3 is 11.1 Å². The first kappa shape index (κ1) is 10.2. The summed E-state index contributed by atoms with van der Waals surface area (Å²) in [5.41, 5.74) is 5.25. The molecule has 0 bridgehead atoms. The predicted octanol–water partition coefficient (Wildman–Crippen LogP) is 0.418. The average molecular weight is 156 g/mol. The number of hydrogen-bond acceptors (Lipinski definition) is 2. The van der Waals surface area contributed by atoms with Gasteiger partial charge in [-0.2, -0.15) is 0 Å². The molecule has 0 heterocycles. The molecule has 0 fully saturated rings. The van der Waals surface area contributed by atoms with Crippen molar-refractivity contribution in [2.75, 3.05) is 13.1 Å². The maximum absolute atomic E-state index is 10.9. The summed E-state index contributed by atoms with van der Waals surface area (Å²) in [4.78, 5) is 10.9. The Morgan fingerprint density at radius 2 is 2.36 bits per heavy atom. The Hall–Kier alpha value is -0.830. The lowest BCUT2D eigenvalue weighted by atomic mass is 10.3. The molecule has 0 atom stereocenters. The molecule has 0 radical (unpaired) electrons. The van der Waals surface area contributed by atoms with E-state index in [1.54, 1.807) is 6.08 Å². The molecule has 0 rings (SSSR count). The maximum Gasteiger partial charge on any atom is 0.220 e. The second-order valence-corrected chi connectivity index (χ2v) is 2.32. The number of nitrogens with one attached hydrogen (secondary N) is 1. The zero-order valence-electron chi connectivity index (χ0n) is 6.81. The van der Waals surface area contributed by atoms with E-state index in [-0.39, 0.29) is 5.91 Å². The Morgan fingerprint density at radius 1 is 1.64 bits per heavy atom. The minimum Gasteiger partial charge on any atom is -0.356 e. The second kappa shape index (κ2) is 7.28. The Bertz CT molecular complexity index is 123. The number of carbonyl (C=O) groups excluding carboxylic acids is 1. The van der Waals surface area contributed by atoms with Crippen LogP contribution in [0, 0.1) is 0 Å². The van der Waals surface area contributed by atoms with Crippen LogP contribution in [0.25, 0.3) is 0 Å². The van der Waals surface area contributed by atoms with Crippen LogP contribution in [0.4, 0.5) is 0 Å². The summed E-state index contributed by atoms with van der Waals surface area (Å²) in [5, 5.41) is 2.75. The van der Waals surface area contributed by atoms with Crippen LogP contribution < -0.4 is 11.1 Å². The molecule has 3 N–H and O–H groups in total. The highest BCUT2D eigenvalue weighted by atomic mass is 16.1. The molecule has 0 saturated carbocycles. The van der Waals surface area contributed by atoms with Crippen molar-refractivity contribution >= 4 is 5.91 Å². The van der Waals surface area contributed by atoms with Crippen LogP contribution in [0.1, 0.15) is 19.3 Å². The number of amides is 1. The molecular weight excluding hydrogens is 140 g/mol. The van der Waals surface area contributed by atoms with E-state index in [9.17, 15) is 4.79 Å². The van der Waals surface area contributed by atoms with Crippen LogP contribution in [0.3, 0.4) is 0 Å². The molecule has 0 aromatic heterocycles. The van der Waals surface area contributed by atoms with Crippen LogP contribution in [-0.4, -0.2) is 19.0 Å². The van der Waals surface area contributed by atoms with E-state index in [2.05, 4.69) is 11.9 Å². The highest BCUT2D eigenvalue weighted by molar-refractivity contribution is 5.75. The van der Waals surface area contributed by atoms with E-state index in [0.29, 0.717) is 19.5 Å². The van der Waals surface area contributed by atoms with Gasteiger partial charge in [-0.15, -0.1) is 6.58 Å². The van der Waals surface area contributed by atoms with Crippen molar-refractivity contribution in [3.8, 4) is 0 Å². The first-order valence-electron chi connectivity index (χ1n) is 3.89. The fraction of sp³-hybridized carbons (Fsp3) is 0.625. The summed E-state index contributed by atoms with van der Waals surface area (Å²) >= 11 is 0. The van der Waals surface area contributed by atoms with E-state index in [1.165, 1.54) is 0 Å². The summed E-state index contributed by atoms with van der Waals surface area (Å²) in [7, 11) is 0. The molecule has 1 amide bonds. The Labute approximate surface area is 67.7 Å². The molecule has 3 heteroatoms. The molecule has 0 saturated heterocycles. The van der Waals surface area contributed by atoms with Gasteiger partial charge in [0.1, 0.15) is 0 Å². The smallest absolute Gasteiger partial charge is 0.220 e. The highest BCUT2D eigenvalue weighted by Crippen LogP contribution is 1.88. The number of hydrogen-bond donors (Lipinski definition) is 2. The number of nitrogens with two attached hydrogens (primary N) is 1.